The molecule has 1 rings (SSSR count). The minimum absolute atomic E-state index is 0. The largest absolute Gasteiger partial charge is 0.492 e. The second-order valence-electron chi connectivity index (χ2n) is 4.29. The van der Waals surface area contributed by atoms with Crippen LogP contribution in [-0.2, 0) is 4.79 Å². The maximum absolute atomic E-state index is 12.9. The van der Waals surface area contributed by atoms with E-state index in [2.05, 4.69) is 5.32 Å². The van der Waals surface area contributed by atoms with Crippen molar-refractivity contribution in [1.29, 1.82) is 0 Å². The van der Waals surface area contributed by atoms with Crippen molar-refractivity contribution in [2.24, 2.45) is 5.73 Å². The molecule has 1 aromatic rings. The predicted molar refractivity (Wildman–Crippen MR) is 75.0 cm³/mol. The third kappa shape index (κ3) is 7.25. The fourth-order valence-electron chi connectivity index (χ4n) is 1.37. The SMILES string of the molecule is CC(N)CCC(=O)NCCOc1ccc(F)c(F)c1.Cl. The third-order valence-electron chi connectivity index (χ3n) is 2.41. The van der Waals surface area contributed by atoms with E-state index in [1.807, 2.05) is 6.92 Å². The molecule has 0 aliphatic carbocycles. The Bertz CT molecular complexity index is 431. The first-order valence-corrected chi connectivity index (χ1v) is 6.09. The molecule has 0 radical (unpaired) electrons. The van der Waals surface area contributed by atoms with Gasteiger partial charge in [-0.2, -0.15) is 0 Å². The molecule has 0 saturated carbocycles. The molecule has 0 heterocycles. The van der Waals surface area contributed by atoms with Crippen LogP contribution in [0.25, 0.3) is 0 Å². The maximum Gasteiger partial charge on any atom is 0.220 e. The van der Waals surface area contributed by atoms with E-state index < -0.39 is 11.6 Å². The fourth-order valence-corrected chi connectivity index (χ4v) is 1.37. The highest BCUT2D eigenvalue weighted by molar-refractivity contribution is 5.85. The monoisotopic (exact) mass is 308 g/mol. The molecule has 20 heavy (non-hydrogen) atoms. The van der Waals surface area contributed by atoms with Crippen LogP contribution in [0.15, 0.2) is 18.2 Å². The van der Waals surface area contributed by atoms with Crippen molar-refractivity contribution < 1.29 is 18.3 Å². The van der Waals surface area contributed by atoms with E-state index in [0.29, 0.717) is 19.4 Å². The van der Waals surface area contributed by atoms with Crippen molar-refractivity contribution >= 4 is 18.3 Å². The molecule has 1 unspecified atom stereocenters. The number of rotatable bonds is 7. The highest BCUT2D eigenvalue weighted by Crippen LogP contribution is 2.14. The lowest BCUT2D eigenvalue weighted by atomic mass is 10.2. The first-order valence-electron chi connectivity index (χ1n) is 6.09. The van der Waals surface area contributed by atoms with Gasteiger partial charge in [-0.3, -0.25) is 4.79 Å². The molecule has 4 nitrogen and oxygen atoms in total. The number of hydrogen-bond donors (Lipinski definition) is 2. The number of benzene rings is 1. The zero-order chi connectivity index (χ0) is 14.3. The first kappa shape index (κ1) is 18.6. The van der Waals surface area contributed by atoms with Gasteiger partial charge >= 0.3 is 0 Å². The Balaban J connectivity index is 0.00000361. The molecule has 114 valence electrons. The topological polar surface area (TPSA) is 64.4 Å². The van der Waals surface area contributed by atoms with E-state index in [-0.39, 0.29) is 36.7 Å². The standard InChI is InChI=1S/C13H18F2N2O2.ClH/c1-9(16)2-5-13(18)17-6-7-19-10-3-4-11(14)12(15)8-10;/h3-4,8-9H,2,5-7,16H2,1H3,(H,17,18);1H. The Labute approximate surface area is 123 Å². The summed E-state index contributed by atoms with van der Waals surface area (Å²) >= 11 is 0. The summed E-state index contributed by atoms with van der Waals surface area (Å²) in [5.41, 5.74) is 5.53. The van der Waals surface area contributed by atoms with Gasteiger partial charge < -0.3 is 15.8 Å². The van der Waals surface area contributed by atoms with E-state index in [4.69, 9.17) is 10.5 Å². The smallest absolute Gasteiger partial charge is 0.220 e. The predicted octanol–water partition coefficient (Wildman–Crippen LogP) is 2.01. The average molecular weight is 309 g/mol. The molecule has 7 heteroatoms. The second-order valence-corrected chi connectivity index (χ2v) is 4.29. The zero-order valence-corrected chi connectivity index (χ0v) is 12.0. The highest BCUT2D eigenvalue weighted by atomic mass is 35.5. The van der Waals surface area contributed by atoms with Crippen molar-refractivity contribution in [2.45, 2.75) is 25.8 Å². The third-order valence-corrected chi connectivity index (χ3v) is 2.41. The lowest BCUT2D eigenvalue weighted by Gasteiger charge is -2.08. The van der Waals surface area contributed by atoms with Gasteiger partial charge in [-0.25, -0.2) is 8.78 Å². The summed E-state index contributed by atoms with van der Waals surface area (Å²) in [6, 6.07) is 3.28. The second kappa shape index (κ2) is 9.50. The molecule has 0 aliphatic heterocycles. The Morgan fingerprint density at radius 2 is 2.10 bits per heavy atom. The van der Waals surface area contributed by atoms with Crippen LogP contribution in [-0.4, -0.2) is 25.1 Å². The van der Waals surface area contributed by atoms with Crippen LogP contribution >= 0.6 is 12.4 Å². The van der Waals surface area contributed by atoms with Gasteiger partial charge in [-0.15, -0.1) is 12.4 Å². The highest BCUT2D eigenvalue weighted by Gasteiger charge is 2.04. The minimum atomic E-state index is -0.960. The summed E-state index contributed by atoms with van der Waals surface area (Å²) in [5.74, 6) is -1.76. The number of nitrogens with one attached hydrogen (secondary N) is 1. The van der Waals surface area contributed by atoms with Gasteiger partial charge in [0.25, 0.3) is 0 Å². The number of amides is 1. The summed E-state index contributed by atoms with van der Waals surface area (Å²) in [6.07, 6.45) is 0.985. The van der Waals surface area contributed by atoms with Crippen molar-refractivity contribution in [2.75, 3.05) is 13.2 Å². The van der Waals surface area contributed by atoms with Gasteiger partial charge in [0.15, 0.2) is 11.6 Å². The lowest BCUT2D eigenvalue weighted by Crippen LogP contribution is -2.29. The van der Waals surface area contributed by atoms with Crippen LogP contribution in [0.4, 0.5) is 8.78 Å². The quantitative estimate of drug-likeness (QED) is 0.757. The number of hydrogen-bond acceptors (Lipinski definition) is 3. The van der Waals surface area contributed by atoms with E-state index in [0.717, 1.165) is 12.1 Å². The van der Waals surface area contributed by atoms with Gasteiger partial charge in [0.05, 0.1) is 6.54 Å². The molecule has 1 aromatic carbocycles. The van der Waals surface area contributed by atoms with Gasteiger partial charge in [0.1, 0.15) is 12.4 Å². The first-order chi connectivity index (χ1) is 8.99. The number of carbonyl (C=O) groups excluding carboxylic acids is 1. The van der Waals surface area contributed by atoms with Crippen LogP contribution in [0, 0.1) is 11.6 Å². The molecule has 1 atom stereocenters. The number of nitrogens with two attached hydrogens (primary N) is 1. The van der Waals surface area contributed by atoms with Crippen LogP contribution in [0.5, 0.6) is 5.75 Å². The average Bonchev–Trinajstić information content (AvgIpc) is 2.36. The molecular formula is C13H19ClF2N2O2. The van der Waals surface area contributed by atoms with E-state index in [1.165, 1.54) is 6.07 Å². The van der Waals surface area contributed by atoms with Gasteiger partial charge in [-0.1, -0.05) is 0 Å². The van der Waals surface area contributed by atoms with E-state index in [9.17, 15) is 13.6 Å². The fraction of sp³-hybridized carbons (Fsp3) is 0.462. The molecule has 0 aliphatic rings. The van der Waals surface area contributed by atoms with Crippen molar-refractivity contribution in [3.63, 3.8) is 0 Å². The summed E-state index contributed by atoms with van der Waals surface area (Å²) in [6.45, 7) is 2.32. The maximum atomic E-state index is 12.9. The number of carbonyl (C=O) groups is 1. The summed E-state index contributed by atoms with van der Waals surface area (Å²) < 4.78 is 30.7. The summed E-state index contributed by atoms with van der Waals surface area (Å²) in [7, 11) is 0. The minimum Gasteiger partial charge on any atom is -0.492 e. The Morgan fingerprint density at radius 3 is 2.70 bits per heavy atom. The number of halogens is 3. The van der Waals surface area contributed by atoms with E-state index >= 15 is 0 Å². The van der Waals surface area contributed by atoms with Crippen LogP contribution in [0.3, 0.4) is 0 Å². The van der Waals surface area contributed by atoms with Gasteiger partial charge in [0.2, 0.25) is 5.91 Å². The molecule has 0 bridgehead atoms. The summed E-state index contributed by atoms with van der Waals surface area (Å²) in [5, 5.41) is 2.65. The van der Waals surface area contributed by atoms with Crippen molar-refractivity contribution in [1.82, 2.24) is 5.32 Å². The molecule has 3 N–H and O–H groups in total. The summed E-state index contributed by atoms with van der Waals surface area (Å²) in [4.78, 5) is 11.3. The van der Waals surface area contributed by atoms with Gasteiger partial charge in [0, 0.05) is 18.5 Å². The van der Waals surface area contributed by atoms with Crippen LogP contribution in [0.2, 0.25) is 0 Å². The molecular weight excluding hydrogens is 290 g/mol. The molecule has 1 amide bonds. The Morgan fingerprint density at radius 1 is 1.40 bits per heavy atom. The van der Waals surface area contributed by atoms with Crippen molar-refractivity contribution in [3.8, 4) is 5.75 Å². The molecule has 0 fully saturated rings. The van der Waals surface area contributed by atoms with Crippen LogP contribution in [0.1, 0.15) is 19.8 Å². The van der Waals surface area contributed by atoms with Crippen molar-refractivity contribution in [3.05, 3.63) is 29.8 Å². The molecule has 0 saturated heterocycles. The molecule has 0 spiro atoms. The normalized spacial score (nSPS) is 11.4. The number of ether oxygens (including phenoxy) is 1. The Kier molecular flexibility index (Phi) is 8.83. The van der Waals surface area contributed by atoms with E-state index in [1.54, 1.807) is 0 Å². The van der Waals surface area contributed by atoms with Crippen LogP contribution < -0.4 is 15.8 Å². The lowest BCUT2D eigenvalue weighted by molar-refractivity contribution is -0.121. The molecule has 0 aromatic heterocycles. The van der Waals surface area contributed by atoms with Gasteiger partial charge in [-0.05, 0) is 25.5 Å². The zero-order valence-electron chi connectivity index (χ0n) is 11.2. The Hall–Kier alpha value is -1.40.